The summed E-state index contributed by atoms with van der Waals surface area (Å²) in [5.74, 6) is -0.884. The van der Waals surface area contributed by atoms with E-state index in [0.717, 1.165) is 4.88 Å². The van der Waals surface area contributed by atoms with Crippen molar-refractivity contribution in [3.63, 3.8) is 0 Å². The van der Waals surface area contributed by atoms with Gasteiger partial charge in [-0.3, -0.25) is 9.78 Å². The van der Waals surface area contributed by atoms with E-state index in [1.165, 1.54) is 11.3 Å². The summed E-state index contributed by atoms with van der Waals surface area (Å²) in [6, 6.07) is -0.276. The first kappa shape index (κ1) is 16.4. The molecule has 20 heavy (non-hydrogen) atoms. The van der Waals surface area contributed by atoms with E-state index in [2.05, 4.69) is 10.3 Å². The minimum Gasteiger partial charge on any atom is -0.481 e. The minimum absolute atomic E-state index is 0.000726. The first-order valence-corrected chi connectivity index (χ1v) is 7.23. The fraction of sp³-hybridized carbons (Fsp3) is 0.615. The van der Waals surface area contributed by atoms with Crippen molar-refractivity contribution in [2.45, 2.75) is 51.7 Å². The van der Waals surface area contributed by atoms with Gasteiger partial charge in [0.2, 0.25) is 0 Å². The van der Waals surface area contributed by atoms with Crippen molar-refractivity contribution in [3.8, 4) is 0 Å². The second-order valence-corrected chi connectivity index (χ2v) is 6.42. The quantitative estimate of drug-likeness (QED) is 0.842. The maximum Gasteiger partial charge on any atom is 0.407 e. The number of rotatable bonds is 6. The number of aliphatic carboxylic acids is 1. The second kappa shape index (κ2) is 7.23. The van der Waals surface area contributed by atoms with Gasteiger partial charge in [0, 0.05) is 30.0 Å². The van der Waals surface area contributed by atoms with E-state index < -0.39 is 17.7 Å². The molecule has 1 rings (SSSR count). The number of amides is 1. The van der Waals surface area contributed by atoms with Crippen LogP contribution < -0.4 is 5.32 Å². The molecule has 0 aliphatic rings. The molecule has 0 aromatic carbocycles. The van der Waals surface area contributed by atoms with Gasteiger partial charge in [-0.2, -0.15) is 0 Å². The van der Waals surface area contributed by atoms with Crippen molar-refractivity contribution in [1.29, 1.82) is 0 Å². The standard InChI is InChI=1S/C13H20N2O4S/c1-13(2,3)19-12(18)15-9(4-5-11(16)17)6-10-7-14-8-20-10/h7-9H,4-6H2,1-3H3,(H,15,18)(H,16,17). The number of carboxylic acids is 1. The Morgan fingerprint density at radius 2 is 2.20 bits per heavy atom. The van der Waals surface area contributed by atoms with E-state index in [4.69, 9.17) is 9.84 Å². The van der Waals surface area contributed by atoms with Crippen molar-refractivity contribution < 1.29 is 19.4 Å². The third kappa shape index (κ3) is 7.08. The average Bonchev–Trinajstić information content (AvgIpc) is 2.75. The Labute approximate surface area is 122 Å². The molecule has 2 N–H and O–H groups in total. The zero-order valence-electron chi connectivity index (χ0n) is 11.9. The third-order valence-electron chi connectivity index (χ3n) is 2.36. The Bertz CT molecular complexity index is 440. The number of carbonyl (C=O) groups excluding carboxylic acids is 1. The van der Waals surface area contributed by atoms with E-state index >= 15 is 0 Å². The van der Waals surface area contributed by atoms with E-state index in [9.17, 15) is 9.59 Å². The maximum absolute atomic E-state index is 11.7. The average molecular weight is 300 g/mol. The number of thiazole rings is 1. The van der Waals surface area contributed by atoms with Gasteiger partial charge in [-0.05, 0) is 27.2 Å². The molecule has 7 heteroatoms. The topological polar surface area (TPSA) is 88.5 Å². The van der Waals surface area contributed by atoms with Crippen molar-refractivity contribution in [2.24, 2.45) is 0 Å². The van der Waals surface area contributed by atoms with Gasteiger partial charge in [0.15, 0.2) is 0 Å². The van der Waals surface area contributed by atoms with E-state index in [0.29, 0.717) is 12.8 Å². The number of carboxylic acid groups (broad SMARTS) is 1. The molecule has 0 saturated carbocycles. The van der Waals surface area contributed by atoms with Crippen molar-refractivity contribution >= 4 is 23.4 Å². The lowest BCUT2D eigenvalue weighted by molar-refractivity contribution is -0.137. The Hall–Kier alpha value is -1.63. The largest absolute Gasteiger partial charge is 0.481 e. The van der Waals surface area contributed by atoms with Gasteiger partial charge in [-0.15, -0.1) is 11.3 Å². The number of alkyl carbamates (subject to hydrolysis) is 1. The van der Waals surface area contributed by atoms with Crippen LogP contribution in [0.3, 0.4) is 0 Å². The lowest BCUT2D eigenvalue weighted by Crippen LogP contribution is -2.40. The molecule has 0 radical (unpaired) electrons. The van der Waals surface area contributed by atoms with Crippen LogP contribution in [0.25, 0.3) is 0 Å². The summed E-state index contributed by atoms with van der Waals surface area (Å²) in [7, 11) is 0. The van der Waals surface area contributed by atoms with Gasteiger partial charge in [-0.25, -0.2) is 4.79 Å². The lowest BCUT2D eigenvalue weighted by Gasteiger charge is -2.23. The molecule has 1 atom stereocenters. The van der Waals surface area contributed by atoms with Crippen molar-refractivity contribution in [3.05, 3.63) is 16.6 Å². The van der Waals surface area contributed by atoms with Gasteiger partial charge in [0.1, 0.15) is 5.60 Å². The Kier molecular flexibility index (Phi) is 5.94. The molecule has 0 aliphatic heterocycles. The fourth-order valence-electron chi connectivity index (χ4n) is 1.58. The fourth-order valence-corrected chi connectivity index (χ4v) is 2.26. The normalized spacial score (nSPS) is 12.8. The zero-order valence-corrected chi connectivity index (χ0v) is 12.7. The number of carbonyl (C=O) groups is 2. The minimum atomic E-state index is -0.884. The van der Waals surface area contributed by atoms with Crippen LogP contribution in [0.2, 0.25) is 0 Å². The highest BCUT2D eigenvalue weighted by Crippen LogP contribution is 2.13. The molecular weight excluding hydrogens is 280 g/mol. The molecule has 1 aromatic heterocycles. The summed E-state index contributed by atoms with van der Waals surface area (Å²) < 4.78 is 5.18. The van der Waals surface area contributed by atoms with Gasteiger partial charge in [0.05, 0.1) is 5.51 Å². The van der Waals surface area contributed by atoms with Crippen LogP contribution in [0.15, 0.2) is 11.7 Å². The number of nitrogens with zero attached hydrogens (tertiary/aromatic N) is 1. The van der Waals surface area contributed by atoms with Crippen molar-refractivity contribution in [2.75, 3.05) is 0 Å². The summed E-state index contributed by atoms with van der Waals surface area (Å²) in [4.78, 5) is 27.4. The number of ether oxygens (including phenoxy) is 1. The predicted octanol–water partition coefficient (Wildman–Crippen LogP) is 2.44. The van der Waals surface area contributed by atoms with Gasteiger partial charge >= 0.3 is 12.1 Å². The molecule has 112 valence electrons. The van der Waals surface area contributed by atoms with E-state index in [1.54, 1.807) is 32.5 Å². The molecule has 1 amide bonds. The summed E-state index contributed by atoms with van der Waals surface area (Å²) in [6.07, 6.45) is 2.09. The van der Waals surface area contributed by atoms with Crippen LogP contribution in [0.1, 0.15) is 38.5 Å². The second-order valence-electron chi connectivity index (χ2n) is 5.45. The highest BCUT2D eigenvalue weighted by molar-refractivity contribution is 7.09. The molecule has 0 fully saturated rings. The Balaban J connectivity index is 2.57. The predicted molar refractivity (Wildman–Crippen MR) is 75.8 cm³/mol. The Morgan fingerprint density at radius 3 is 2.70 bits per heavy atom. The third-order valence-corrected chi connectivity index (χ3v) is 3.16. The molecule has 0 bridgehead atoms. The van der Waals surface area contributed by atoms with Crippen LogP contribution in [0, 0.1) is 0 Å². The highest BCUT2D eigenvalue weighted by Gasteiger charge is 2.20. The number of aromatic nitrogens is 1. The number of hydrogen-bond acceptors (Lipinski definition) is 5. The maximum atomic E-state index is 11.7. The molecule has 0 aliphatic carbocycles. The van der Waals surface area contributed by atoms with Gasteiger partial charge in [-0.1, -0.05) is 0 Å². The number of hydrogen-bond donors (Lipinski definition) is 2. The summed E-state index contributed by atoms with van der Waals surface area (Å²) >= 11 is 1.48. The summed E-state index contributed by atoms with van der Waals surface area (Å²) in [6.45, 7) is 5.34. The van der Waals surface area contributed by atoms with Gasteiger partial charge in [0.25, 0.3) is 0 Å². The van der Waals surface area contributed by atoms with Gasteiger partial charge < -0.3 is 15.2 Å². The molecule has 1 heterocycles. The Morgan fingerprint density at radius 1 is 1.50 bits per heavy atom. The van der Waals surface area contributed by atoms with Crippen molar-refractivity contribution in [1.82, 2.24) is 10.3 Å². The highest BCUT2D eigenvalue weighted by atomic mass is 32.1. The van der Waals surface area contributed by atoms with Crippen LogP contribution in [0.4, 0.5) is 4.79 Å². The zero-order chi connectivity index (χ0) is 15.2. The first-order valence-electron chi connectivity index (χ1n) is 6.35. The van der Waals surface area contributed by atoms with Crippen LogP contribution in [-0.4, -0.2) is 33.8 Å². The summed E-state index contributed by atoms with van der Waals surface area (Å²) in [5.41, 5.74) is 1.13. The lowest BCUT2D eigenvalue weighted by atomic mass is 10.1. The van der Waals surface area contributed by atoms with E-state index in [-0.39, 0.29) is 12.5 Å². The number of nitrogens with one attached hydrogen (secondary N) is 1. The van der Waals surface area contributed by atoms with Crippen LogP contribution in [0.5, 0.6) is 0 Å². The van der Waals surface area contributed by atoms with Crippen LogP contribution >= 0.6 is 11.3 Å². The van der Waals surface area contributed by atoms with Crippen LogP contribution in [-0.2, 0) is 16.0 Å². The molecular formula is C13H20N2O4S. The van der Waals surface area contributed by atoms with E-state index in [1.807, 2.05) is 0 Å². The molecule has 1 unspecified atom stereocenters. The monoisotopic (exact) mass is 300 g/mol. The SMILES string of the molecule is CC(C)(C)OC(=O)NC(CCC(=O)O)Cc1cncs1. The molecule has 1 aromatic rings. The summed E-state index contributed by atoms with van der Waals surface area (Å²) in [5, 5.41) is 11.5. The molecule has 6 nitrogen and oxygen atoms in total. The first-order chi connectivity index (χ1) is 9.26. The molecule has 0 saturated heterocycles. The molecule has 0 spiro atoms. The smallest absolute Gasteiger partial charge is 0.407 e.